The van der Waals surface area contributed by atoms with Crippen LogP contribution in [-0.2, 0) is 16.1 Å². The number of anilines is 1. The number of amides is 1. The average Bonchev–Trinajstić information content (AvgIpc) is 2.47. The predicted octanol–water partition coefficient (Wildman–Crippen LogP) is 3.48. The molecule has 2 aromatic carbocycles. The van der Waals surface area contributed by atoms with Crippen LogP contribution in [0.3, 0.4) is 0 Å². The van der Waals surface area contributed by atoms with Crippen LogP contribution < -0.4 is 5.32 Å². The number of carbonyl (C=O) groups excluding carboxylic acids is 1. The fourth-order valence-corrected chi connectivity index (χ4v) is 1.83. The molecule has 3 nitrogen and oxygen atoms in total. The zero-order valence-electron chi connectivity index (χ0n) is 11.4. The first-order chi connectivity index (χ1) is 9.78. The largest absolute Gasteiger partial charge is 0.380 e. The SMILES string of the molecule is COCc1cccc(NC(=O)/C=C/c2ccccc2)c1. The maximum Gasteiger partial charge on any atom is 0.248 e. The second kappa shape index (κ2) is 7.26. The number of methoxy groups -OCH3 is 1. The Morgan fingerprint density at radius 3 is 2.70 bits per heavy atom. The Morgan fingerprint density at radius 2 is 1.95 bits per heavy atom. The molecule has 0 aromatic heterocycles. The van der Waals surface area contributed by atoms with E-state index < -0.39 is 0 Å². The number of hydrogen-bond acceptors (Lipinski definition) is 2. The van der Waals surface area contributed by atoms with E-state index in [9.17, 15) is 4.79 Å². The van der Waals surface area contributed by atoms with Gasteiger partial charge in [-0.25, -0.2) is 0 Å². The highest BCUT2D eigenvalue weighted by Crippen LogP contribution is 2.11. The Hall–Kier alpha value is -2.39. The van der Waals surface area contributed by atoms with Gasteiger partial charge in [0.05, 0.1) is 6.61 Å². The molecule has 0 aliphatic rings. The third kappa shape index (κ3) is 4.37. The highest BCUT2D eigenvalue weighted by molar-refractivity contribution is 6.01. The average molecular weight is 267 g/mol. The number of hydrogen-bond donors (Lipinski definition) is 1. The minimum atomic E-state index is -0.150. The van der Waals surface area contributed by atoms with E-state index in [1.165, 1.54) is 6.08 Å². The Balaban J connectivity index is 1.97. The van der Waals surface area contributed by atoms with Crippen molar-refractivity contribution < 1.29 is 9.53 Å². The summed E-state index contributed by atoms with van der Waals surface area (Å²) in [5.41, 5.74) is 2.79. The number of benzene rings is 2. The number of carbonyl (C=O) groups is 1. The molecule has 102 valence electrons. The summed E-state index contributed by atoms with van der Waals surface area (Å²) in [6, 6.07) is 17.3. The first-order valence-electron chi connectivity index (χ1n) is 6.40. The van der Waals surface area contributed by atoms with E-state index >= 15 is 0 Å². The minimum Gasteiger partial charge on any atom is -0.380 e. The summed E-state index contributed by atoms with van der Waals surface area (Å²) in [6.45, 7) is 0.531. The molecule has 0 aliphatic carbocycles. The van der Waals surface area contributed by atoms with Crippen LogP contribution in [-0.4, -0.2) is 13.0 Å². The van der Waals surface area contributed by atoms with Gasteiger partial charge in [-0.15, -0.1) is 0 Å². The van der Waals surface area contributed by atoms with Gasteiger partial charge < -0.3 is 10.1 Å². The summed E-state index contributed by atoms with van der Waals surface area (Å²) in [5, 5.41) is 2.83. The molecule has 1 N–H and O–H groups in total. The molecule has 0 radical (unpaired) electrons. The van der Waals surface area contributed by atoms with E-state index in [2.05, 4.69) is 5.32 Å². The first-order valence-corrected chi connectivity index (χ1v) is 6.40. The summed E-state index contributed by atoms with van der Waals surface area (Å²) in [4.78, 5) is 11.8. The van der Waals surface area contributed by atoms with Crippen molar-refractivity contribution in [2.75, 3.05) is 12.4 Å². The minimum absolute atomic E-state index is 0.150. The lowest BCUT2D eigenvalue weighted by molar-refractivity contribution is -0.111. The quantitative estimate of drug-likeness (QED) is 0.842. The molecule has 0 saturated heterocycles. The highest BCUT2D eigenvalue weighted by Gasteiger charge is 1.99. The molecule has 0 fully saturated rings. The van der Waals surface area contributed by atoms with E-state index in [0.29, 0.717) is 6.61 Å². The third-order valence-electron chi connectivity index (χ3n) is 2.73. The summed E-state index contributed by atoms with van der Waals surface area (Å²) < 4.78 is 5.07. The lowest BCUT2D eigenvalue weighted by Gasteiger charge is -2.05. The molecule has 3 heteroatoms. The van der Waals surface area contributed by atoms with Crippen molar-refractivity contribution in [3.63, 3.8) is 0 Å². The van der Waals surface area contributed by atoms with Gasteiger partial charge >= 0.3 is 0 Å². The molecule has 0 bridgehead atoms. The van der Waals surface area contributed by atoms with Gasteiger partial charge in [-0.2, -0.15) is 0 Å². The van der Waals surface area contributed by atoms with Gasteiger partial charge in [0, 0.05) is 18.9 Å². The lowest BCUT2D eigenvalue weighted by Crippen LogP contribution is -2.07. The molecule has 0 atom stereocenters. The van der Waals surface area contributed by atoms with Crippen molar-refractivity contribution in [1.29, 1.82) is 0 Å². The van der Waals surface area contributed by atoms with E-state index in [4.69, 9.17) is 4.74 Å². The molecule has 0 spiro atoms. The summed E-state index contributed by atoms with van der Waals surface area (Å²) >= 11 is 0. The van der Waals surface area contributed by atoms with Crippen molar-refractivity contribution in [3.05, 3.63) is 71.8 Å². The molecule has 0 heterocycles. The molecule has 2 aromatic rings. The monoisotopic (exact) mass is 267 g/mol. The van der Waals surface area contributed by atoms with Gasteiger partial charge in [0.1, 0.15) is 0 Å². The fourth-order valence-electron chi connectivity index (χ4n) is 1.83. The van der Waals surface area contributed by atoms with Crippen molar-refractivity contribution in [3.8, 4) is 0 Å². The number of rotatable bonds is 5. The molecule has 0 aliphatic heterocycles. The zero-order chi connectivity index (χ0) is 14.2. The van der Waals surface area contributed by atoms with Crippen molar-refractivity contribution in [1.82, 2.24) is 0 Å². The molecule has 2 rings (SSSR count). The van der Waals surface area contributed by atoms with Gasteiger partial charge in [0.2, 0.25) is 5.91 Å². The Bertz CT molecular complexity index is 591. The maximum atomic E-state index is 11.8. The van der Waals surface area contributed by atoms with E-state index in [1.807, 2.05) is 54.6 Å². The van der Waals surface area contributed by atoms with Crippen LogP contribution in [0.25, 0.3) is 6.08 Å². The van der Waals surface area contributed by atoms with Crippen LogP contribution in [0.4, 0.5) is 5.69 Å². The lowest BCUT2D eigenvalue weighted by atomic mass is 10.2. The first kappa shape index (κ1) is 14.0. The zero-order valence-corrected chi connectivity index (χ0v) is 11.4. The van der Waals surface area contributed by atoms with Crippen LogP contribution in [0.5, 0.6) is 0 Å². The van der Waals surface area contributed by atoms with E-state index in [0.717, 1.165) is 16.8 Å². The Morgan fingerprint density at radius 1 is 1.15 bits per heavy atom. The van der Waals surface area contributed by atoms with Crippen molar-refractivity contribution in [2.24, 2.45) is 0 Å². The number of nitrogens with one attached hydrogen (secondary N) is 1. The highest BCUT2D eigenvalue weighted by atomic mass is 16.5. The standard InChI is InChI=1S/C17H17NO2/c1-20-13-15-8-5-9-16(12-15)18-17(19)11-10-14-6-3-2-4-7-14/h2-12H,13H2,1H3,(H,18,19)/b11-10+. The van der Waals surface area contributed by atoms with Gasteiger partial charge in [-0.1, -0.05) is 42.5 Å². The van der Waals surface area contributed by atoms with Crippen molar-refractivity contribution in [2.45, 2.75) is 6.61 Å². The second-order valence-corrected chi connectivity index (χ2v) is 4.37. The summed E-state index contributed by atoms with van der Waals surface area (Å²) in [6.07, 6.45) is 3.31. The Kier molecular flexibility index (Phi) is 5.09. The smallest absolute Gasteiger partial charge is 0.248 e. The van der Waals surface area contributed by atoms with Crippen molar-refractivity contribution >= 4 is 17.7 Å². The van der Waals surface area contributed by atoms with Gasteiger partial charge in [0.15, 0.2) is 0 Å². The molecular formula is C17H17NO2. The van der Waals surface area contributed by atoms with Crippen LogP contribution >= 0.6 is 0 Å². The number of ether oxygens (including phenoxy) is 1. The molecular weight excluding hydrogens is 250 g/mol. The Labute approximate surface area is 118 Å². The van der Waals surface area contributed by atoms with Crippen LogP contribution in [0.15, 0.2) is 60.7 Å². The van der Waals surface area contributed by atoms with E-state index in [-0.39, 0.29) is 5.91 Å². The molecule has 0 saturated carbocycles. The van der Waals surface area contributed by atoms with Gasteiger partial charge in [-0.3, -0.25) is 4.79 Å². The molecule has 1 amide bonds. The fraction of sp³-hybridized carbons (Fsp3) is 0.118. The summed E-state index contributed by atoms with van der Waals surface area (Å²) in [7, 11) is 1.65. The topological polar surface area (TPSA) is 38.3 Å². The van der Waals surface area contributed by atoms with Crippen LogP contribution in [0.2, 0.25) is 0 Å². The third-order valence-corrected chi connectivity index (χ3v) is 2.73. The summed E-state index contributed by atoms with van der Waals surface area (Å²) in [5.74, 6) is -0.150. The normalized spacial score (nSPS) is 10.7. The van der Waals surface area contributed by atoms with Gasteiger partial charge in [-0.05, 0) is 29.3 Å². The van der Waals surface area contributed by atoms with E-state index in [1.54, 1.807) is 13.2 Å². The van der Waals surface area contributed by atoms with Crippen LogP contribution in [0.1, 0.15) is 11.1 Å². The molecule has 0 unspecified atom stereocenters. The predicted molar refractivity (Wildman–Crippen MR) is 81.3 cm³/mol. The molecule has 20 heavy (non-hydrogen) atoms. The van der Waals surface area contributed by atoms with Gasteiger partial charge in [0.25, 0.3) is 0 Å². The maximum absolute atomic E-state index is 11.8. The van der Waals surface area contributed by atoms with Crippen LogP contribution in [0, 0.1) is 0 Å². The second-order valence-electron chi connectivity index (χ2n) is 4.37.